The maximum Gasteiger partial charge on any atom is 0.190 e. The van der Waals surface area contributed by atoms with E-state index < -0.39 is 0 Å². The van der Waals surface area contributed by atoms with Gasteiger partial charge in [0.25, 0.3) is 0 Å². The number of aromatic nitrogens is 2. The van der Waals surface area contributed by atoms with Crippen molar-refractivity contribution >= 4 is 40.9 Å². The van der Waals surface area contributed by atoms with Gasteiger partial charge in [0, 0.05) is 17.9 Å². The minimum absolute atomic E-state index is 0.505. The molecule has 1 aliphatic rings. The molecule has 0 saturated carbocycles. The monoisotopic (exact) mass is 275 g/mol. The predicted molar refractivity (Wildman–Crippen MR) is 72.8 cm³/mol. The van der Waals surface area contributed by atoms with Gasteiger partial charge in [-0.25, -0.2) is 9.97 Å². The van der Waals surface area contributed by atoms with Crippen LogP contribution in [0.2, 0.25) is 5.15 Å². The molecule has 1 unspecified atom stereocenters. The van der Waals surface area contributed by atoms with E-state index in [0.717, 1.165) is 16.7 Å². The van der Waals surface area contributed by atoms with E-state index in [1.54, 1.807) is 6.07 Å². The molecule has 16 heavy (non-hydrogen) atoms. The minimum atomic E-state index is 0.505. The van der Waals surface area contributed by atoms with Crippen LogP contribution in [0.15, 0.2) is 11.2 Å². The zero-order valence-corrected chi connectivity index (χ0v) is 11.5. The number of nitrogens with one attached hydrogen (secondary N) is 1. The summed E-state index contributed by atoms with van der Waals surface area (Å²) in [4.78, 5) is 8.51. The quantitative estimate of drug-likeness (QED) is 0.521. The van der Waals surface area contributed by atoms with E-state index in [0.29, 0.717) is 11.2 Å². The highest BCUT2D eigenvalue weighted by Gasteiger charge is 2.14. The highest BCUT2D eigenvalue weighted by Crippen LogP contribution is 2.22. The lowest BCUT2D eigenvalue weighted by Crippen LogP contribution is -2.26. The van der Waals surface area contributed by atoms with E-state index in [1.807, 2.05) is 18.0 Å². The molecule has 1 N–H and O–H groups in total. The molecule has 0 bridgehead atoms. The van der Waals surface area contributed by atoms with Crippen LogP contribution < -0.4 is 5.32 Å². The molecule has 1 atom stereocenters. The normalized spacial score (nSPS) is 20.8. The Morgan fingerprint density at radius 3 is 3.12 bits per heavy atom. The van der Waals surface area contributed by atoms with Gasteiger partial charge in [-0.1, -0.05) is 23.4 Å². The molecule has 6 heteroatoms. The number of halogens is 1. The third-order valence-electron chi connectivity index (χ3n) is 2.37. The highest BCUT2D eigenvalue weighted by molar-refractivity contribution is 7.99. The summed E-state index contributed by atoms with van der Waals surface area (Å²) >= 11 is 9.44. The molecule has 0 spiro atoms. The van der Waals surface area contributed by atoms with E-state index >= 15 is 0 Å². The molecule has 0 radical (unpaired) electrons. The number of nitrogens with zero attached hydrogens (tertiary/aromatic N) is 2. The fourth-order valence-corrected chi connectivity index (χ4v) is 3.31. The SMILES string of the molecule is CSc1nc(Cl)cc(NC2CCCSC2)n1. The number of hydrogen-bond acceptors (Lipinski definition) is 5. The van der Waals surface area contributed by atoms with Crippen molar-refractivity contribution in [1.82, 2.24) is 9.97 Å². The average molecular weight is 276 g/mol. The maximum absolute atomic E-state index is 5.94. The number of anilines is 1. The van der Waals surface area contributed by atoms with Gasteiger partial charge in [-0.15, -0.1) is 0 Å². The van der Waals surface area contributed by atoms with Crippen molar-refractivity contribution < 1.29 is 0 Å². The van der Waals surface area contributed by atoms with E-state index in [9.17, 15) is 0 Å². The Kier molecular flexibility index (Phi) is 4.61. The maximum atomic E-state index is 5.94. The lowest BCUT2D eigenvalue weighted by molar-refractivity contribution is 0.680. The molecule has 3 nitrogen and oxygen atoms in total. The van der Waals surface area contributed by atoms with Gasteiger partial charge in [0.1, 0.15) is 11.0 Å². The van der Waals surface area contributed by atoms with Crippen molar-refractivity contribution in [3.8, 4) is 0 Å². The second-order valence-electron chi connectivity index (χ2n) is 3.62. The van der Waals surface area contributed by atoms with Gasteiger partial charge in [0.05, 0.1) is 0 Å². The highest BCUT2D eigenvalue weighted by atomic mass is 35.5. The van der Waals surface area contributed by atoms with Crippen LogP contribution in [0.4, 0.5) is 5.82 Å². The summed E-state index contributed by atoms with van der Waals surface area (Å²) in [6.45, 7) is 0. The summed E-state index contributed by atoms with van der Waals surface area (Å²) in [7, 11) is 0. The first-order valence-electron chi connectivity index (χ1n) is 5.21. The molecule has 1 aliphatic heterocycles. The summed E-state index contributed by atoms with van der Waals surface area (Å²) in [5, 5.41) is 4.65. The van der Waals surface area contributed by atoms with Crippen molar-refractivity contribution in [3.05, 3.63) is 11.2 Å². The van der Waals surface area contributed by atoms with Crippen molar-refractivity contribution in [1.29, 1.82) is 0 Å². The molecule has 1 saturated heterocycles. The molecule has 88 valence electrons. The predicted octanol–water partition coefficient (Wildman–Crippen LogP) is 3.16. The zero-order valence-electron chi connectivity index (χ0n) is 9.07. The van der Waals surface area contributed by atoms with Gasteiger partial charge >= 0.3 is 0 Å². The van der Waals surface area contributed by atoms with Crippen LogP contribution in [0.25, 0.3) is 0 Å². The third-order valence-corrected chi connectivity index (χ3v) is 4.33. The van der Waals surface area contributed by atoms with E-state index in [2.05, 4.69) is 15.3 Å². The number of rotatable bonds is 3. The summed E-state index contributed by atoms with van der Waals surface area (Å²) in [6.07, 6.45) is 4.44. The van der Waals surface area contributed by atoms with Gasteiger partial charge in [0.15, 0.2) is 5.16 Å². The van der Waals surface area contributed by atoms with Gasteiger partial charge in [-0.05, 0) is 24.9 Å². The first-order chi connectivity index (χ1) is 7.78. The summed E-state index contributed by atoms with van der Waals surface area (Å²) in [5.41, 5.74) is 0. The Hall–Kier alpha value is -0.130. The summed E-state index contributed by atoms with van der Waals surface area (Å²) in [6, 6.07) is 2.31. The summed E-state index contributed by atoms with van der Waals surface area (Å²) < 4.78 is 0. The molecule has 1 fully saturated rings. The summed E-state index contributed by atoms with van der Waals surface area (Å²) in [5.74, 6) is 3.27. The molecular weight excluding hydrogens is 262 g/mol. The smallest absolute Gasteiger partial charge is 0.190 e. The average Bonchev–Trinajstić information content (AvgIpc) is 2.29. The standard InChI is InChI=1S/C10H14ClN3S2/c1-15-10-13-8(11)5-9(14-10)12-7-3-2-4-16-6-7/h5,7H,2-4,6H2,1H3,(H,12,13,14). The Labute approximate surface area is 109 Å². The minimum Gasteiger partial charge on any atom is -0.366 e. The third kappa shape index (κ3) is 3.43. The largest absolute Gasteiger partial charge is 0.366 e. The number of thioether (sulfide) groups is 2. The van der Waals surface area contributed by atoms with Gasteiger partial charge in [-0.2, -0.15) is 11.8 Å². The Morgan fingerprint density at radius 2 is 2.44 bits per heavy atom. The Morgan fingerprint density at radius 1 is 1.56 bits per heavy atom. The first-order valence-corrected chi connectivity index (χ1v) is 7.96. The lowest BCUT2D eigenvalue weighted by Gasteiger charge is -2.23. The molecular formula is C10H14ClN3S2. The Balaban J connectivity index is 2.04. The molecule has 0 aliphatic carbocycles. The molecule has 1 aromatic rings. The topological polar surface area (TPSA) is 37.8 Å². The second-order valence-corrected chi connectivity index (χ2v) is 5.93. The van der Waals surface area contributed by atoms with E-state index in [-0.39, 0.29) is 0 Å². The molecule has 1 aromatic heterocycles. The van der Waals surface area contributed by atoms with Crippen molar-refractivity contribution in [2.45, 2.75) is 24.0 Å². The van der Waals surface area contributed by atoms with Gasteiger partial charge in [-0.3, -0.25) is 0 Å². The van der Waals surface area contributed by atoms with Crippen LogP contribution in [0.5, 0.6) is 0 Å². The van der Waals surface area contributed by atoms with Crippen LogP contribution in [0, 0.1) is 0 Å². The molecule has 2 heterocycles. The van der Waals surface area contributed by atoms with E-state index in [4.69, 9.17) is 11.6 Å². The second kappa shape index (κ2) is 5.98. The lowest BCUT2D eigenvalue weighted by atomic mass is 10.2. The Bertz CT molecular complexity index is 356. The van der Waals surface area contributed by atoms with Crippen LogP contribution in [0.1, 0.15) is 12.8 Å². The number of hydrogen-bond donors (Lipinski definition) is 1. The van der Waals surface area contributed by atoms with Crippen molar-refractivity contribution in [2.24, 2.45) is 0 Å². The molecule has 0 aromatic carbocycles. The van der Waals surface area contributed by atoms with Gasteiger partial charge in [0.2, 0.25) is 0 Å². The van der Waals surface area contributed by atoms with Crippen LogP contribution in [-0.2, 0) is 0 Å². The van der Waals surface area contributed by atoms with Gasteiger partial charge < -0.3 is 5.32 Å². The van der Waals surface area contributed by atoms with Crippen LogP contribution in [0.3, 0.4) is 0 Å². The zero-order chi connectivity index (χ0) is 11.4. The fourth-order valence-electron chi connectivity index (χ4n) is 1.63. The fraction of sp³-hybridized carbons (Fsp3) is 0.600. The van der Waals surface area contributed by atoms with Crippen LogP contribution >= 0.6 is 35.1 Å². The van der Waals surface area contributed by atoms with E-state index in [1.165, 1.54) is 30.4 Å². The van der Waals surface area contributed by atoms with Crippen molar-refractivity contribution in [3.63, 3.8) is 0 Å². The van der Waals surface area contributed by atoms with Crippen LogP contribution in [-0.4, -0.2) is 33.8 Å². The van der Waals surface area contributed by atoms with Crippen molar-refractivity contribution in [2.75, 3.05) is 23.1 Å². The molecule has 0 amide bonds. The first kappa shape index (κ1) is 12.3. The molecule has 2 rings (SSSR count).